The molecule has 2 aromatic rings. The fourth-order valence-corrected chi connectivity index (χ4v) is 2.43. The maximum absolute atomic E-state index is 11.7. The van der Waals surface area contributed by atoms with Gasteiger partial charge >= 0.3 is 0 Å². The van der Waals surface area contributed by atoms with E-state index in [0.717, 1.165) is 5.69 Å². The lowest BCUT2D eigenvalue weighted by molar-refractivity contribution is -0.139. The number of aromatic nitrogens is 4. The maximum atomic E-state index is 11.7. The zero-order chi connectivity index (χ0) is 16.2. The molecule has 1 saturated heterocycles. The van der Waals surface area contributed by atoms with E-state index in [1.165, 1.54) is 7.11 Å². The third kappa shape index (κ3) is 3.59. The summed E-state index contributed by atoms with van der Waals surface area (Å²) in [5, 5.41) is 3.07. The van der Waals surface area contributed by atoms with Crippen LogP contribution in [0.15, 0.2) is 24.5 Å². The molecule has 0 aliphatic carbocycles. The van der Waals surface area contributed by atoms with Crippen LogP contribution in [0.1, 0.15) is 17.4 Å². The molecule has 0 radical (unpaired) electrons. The Labute approximate surface area is 134 Å². The number of methoxy groups -OCH3 is 1. The summed E-state index contributed by atoms with van der Waals surface area (Å²) in [4.78, 5) is 30.5. The lowest BCUT2D eigenvalue weighted by atomic mass is 9.96. The molecule has 1 amide bonds. The van der Waals surface area contributed by atoms with Gasteiger partial charge in [0.2, 0.25) is 11.9 Å². The average molecular weight is 314 g/mol. The van der Waals surface area contributed by atoms with Crippen LogP contribution in [0.3, 0.4) is 0 Å². The van der Waals surface area contributed by atoms with Gasteiger partial charge in [0.15, 0.2) is 0 Å². The summed E-state index contributed by atoms with van der Waals surface area (Å²) >= 11 is 0. The number of aryl methyl sites for hydroxylation is 1. The molecule has 3 rings (SSSR count). The van der Waals surface area contributed by atoms with Gasteiger partial charge in [0.05, 0.1) is 5.69 Å². The van der Waals surface area contributed by atoms with E-state index in [0.29, 0.717) is 30.7 Å². The minimum absolute atomic E-state index is 0.00515. The number of amides is 1. The summed E-state index contributed by atoms with van der Waals surface area (Å²) in [6, 6.07) is 3.63. The number of hydrogen-bond donors (Lipinski definition) is 1. The molecule has 120 valence electrons. The lowest BCUT2D eigenvalue weighted by Crippen LogP contribution is -2.50. The molecular weight excluding hydrogens is 296 g/mol. The Hall–Kier alpha value is -2.61. The first kappa shape index (κ1) is 15.3. The number of nitrogens with one attached hydrogen (secondary N) is 1. The molecule has 23 heavy (non-hydrogen) atoms. The van der Waals surface area contributed by atoms with Crippen LogP contribution in [-0.4, -0.2) is 57.5 Å². The van der Waals surface area contributed by atoms with Crippen LogP contribution in [0.25, 0.3) is 0 Å². The Morgan fingerprint density at radius 2 is 2.09 bits per heavy atom. The highest BCUT2D eigenvalue weighted by molar-refractivity contribution is 5.78. The smallest absolute Gasteiger partial charge is 0.248 e. The number of carbonyl (C=O) groups is 1. The molecule has 8 heteroatoms. The van der Waals surface area contributed by atoms with Gasteiger partial charge in [0, 0.05) is 44.6 Å². The van der Waals surface area contributed by atoms with Gasteiger partial charge in [0.25, 0.3) is 0 Å². The Balaban J connectivity index is 1.68. The quantitative estimate of drug-likeness (QED) is 0.876. The van der Waals surface area contributed by atoms with Gasteiger partial charge in [-0.05, 0) is 13.0 Å². The highest BCUT2D eigenvalue weighted by atomic mass is 16.5. The van der Waals surface area contributed by atoms with E-state index in [9.17, 15) is 4.79 Å². The van der Waals surface area contributed by atoms with Crippen molar-refractivity contribution in [2.75, 3.05) is 32.1 Å². The van der Waals surface area contributed by atoms with Crippen LogP contribution in [0.4, 0.5) is 11.8 Å². The first-order valence-electron chi connectivity index (χ1n) is 7.32. The largest absolute Gasteiger partial charge is 0.375 e. The minimum atomic E-state index is 0.00515. The molecular formula is C15H18N6O2. The normalized spacial score (nSPS) is 14.4. The monoisotopic (exact) mass is 314 g/mol. The summed E-state index contributed by atoms with van der Waals surface area (Å²) in [6.45, 7) is 3.26. The Morgan fingerprint density at radius 3 is 2.78 bits per heavy atom. The van der Waals surface area contributed by atoms with Crippen molar-refractivity contribution < 1.29 is 9.53 Å². The van der Waals surface area contributed by atoms with Crippen molar-refractivity contribution in [2.45, 2.75) is 12.8 Å². The second kappa shape index (κ2) is 6.66. The van der Waals surface area contributed by atoms with Crippen LogP contribution in [0, 0.1) is 6.92 Å². The number of carbonyl (C=O) groups excluding carboxylic acids is 1. The first-order chi connectivity index (χ1) is 11.2. The van der Waals surface area contributed by atoms with Gasteiger partial charge in [-0.25, -0.2) is 19.9 Å². The van der Waals surface area contributed by atoms with E-state index >= 15 is 0 Å². The fraction of sp³-hybridized carbons (Fsp3) is 0.400. The highest BCUT2D eigenvalue weighted by Crippen LogP contribution is 2.27. The van der Waals surface area contributed by atoms with Gasteiger partial charge in [-0.3, -0.25) is 4.79 Å². The number of rotatable bonds is 5. The molecule has 0 saturated carbocycles. The predicted octanol–water partition coefficient (Wildman–Crippen LogP) is 0.891. The van der Waals surface area contributed by atoms with Gasteiger partial charge in [-0.2, -0.15) is 0 Å². The second-order valence-electron chi connectivity index (χ2n) is 5.35. The van der Waals surface area contributed by atoms with Crippen molar-refractivity contribution in [1.29, 1.82) is 0 Å². The van der Waals surface area contributed by atoms with Crippen molar-refractivity contribution in [3.63, 3.8) is 0 Å². The molecule has 3 heterocycles. The molecule has 2 aromatic heterocycles. The van der Waals surface area contributed by atoms with E-state index in [1.807, 2.05) is 13.0 Å². The lowest BCUT2D eigenvalue weighted by Gasteiger charge is -2.38. The van der Waals surface area contributed by atoms with E-state index in [2.05, 4.69) is 25.3 Å². The zero-order valence-corrected chi connectivity index (χ0v) is 13.1. The topological polar surface area (TPSA) is 93.1 Å². The van der Waals surface area contributed by atoms with Crippen molar-refractivity contribution in [3.05, 3.63) is 36.0 Å². The number of nitrogens with zero attached hydrogens (tertiary/aromatic N) is 5. The molecule has 1 aliphatic heterocycles. The minimum Gasteiger partial charge on any atom is -0.375 e. The SMILES string of the molecule is COCC(=O)N1CC(c2cc(Nc3ncccn3)nc(C)n2)C1. The van der Waals surface area contributed by atoms with E-state index in [1.54, 1.807) is 23.4 Å². The highest BCUT2D eigenvalue weighted by Gasteiger charge is 2.32. The van der Waals surface area contributed by atoms with Crippen LogP contribution in [-0.2, 0) is 9.53 Å². The summed E-state index contributed by atoms with van der Waals surface area (Å²) in [5.41, 5.74) is 0.914. The molecule has 1 fully saturated rings. The number of ether oxygens (including phenoxy) is 1. The van der Waals surface area contributed by atoms with Crippen molar-refractivity contribution in [3.8, 4) is 0 Å². The molecule has 0 atom stereocenters. The van der Waals surface area contributed by atoms with E-state index in [4.69, 9.17) is 4.74 Å². The van der Waals surface area contributed by atoms with Crippen LogP contribution in [0.2, 0.25) is 0 Å². The molecule has 8 nitrogen and oxygen atoms in total. The summed E-state index contributed by atoms with van der Waals surface area (Å²) in [6.07, 6.45) is 3.32. The molecule has 0 unspecified atom stereocenters. The maximum Gasteiger partial charge on any atom is 0.248 e. The Kier molecular flexibility index (Phi) is 4.42. The standard InChI is InChI=1S/C15H18N6O2/c1-10-18-12(11-7-21(8-11)14(22)9-23-2)6-13(19-10)20-15-16-4-3-5-17-15/h3-6,11H,7-9H2,1-2H3,(H,16,17,18,19,20). The molecule has 1 N–H and O–H groups in total. The van der Waals surface area contributed by atoms with Crippen molar-refractivity contribution in [1.82, 2.24) is 24.8 Å². The van der Waals surface area contributed by atoms with E-state index < -0.39 is 0 Å². The van der Waals surface area contributed by atoms with Crippen LogP contribution >= 0.6 is 0 Å². The van der Waals surface area contributed by atoms with Crippen molar-refractivity contribution >= 4 is 17.7 Å². The summed E-state index contributed by atoms with van der Waals surface area (Å²) in [7, 11) is 1.52. The van der Waals surface area contributed by atoms with Gasteiger partial charge < -0.3 is 15.0 Å². The molecule has 0 bridgehead atoms. The van der Waals surface area contributed by atoms with Crippen LogP contribution < -0.4 is 5.32 Å². The predicted molar refractivity (Wildman–Crippen MR) is 83.3 cm³/mol. The summed E-state index contributed by atoms with van der Waals surface area (Å²) < 4.78 is 4.87. The van der Waals surface area contributed by atoms with Crippen LogP contribution in [0.5, 0.6) is 0 Å². The average Bonchev–Trinajstić information content (AvgIpc) is 2.46. The fourth-order valence-electron chi connectivity index (χ4n) is 2.43. The third-order valence-electron chi connectivity index (χ3n) is 3.58. The molecule has 0 spiro atoms. The van der Waals surface area contributed by atoms with Gasteiger partial charge in [0.1, 0.15) is 18.2 Å². The zero-order valence-electron chi connectivity index (χ0n) is 13.1. The number of anilines is 2. The molecule has 0 aromatic carbocycles. The molecule has 1 aliphatic rings. The Bertz CT molecular complexity index is 688. The third-order valence-corrected chi connectivity index (χ3v) is 3.58. The van der Waals surface area contributed by atoms with E-state index in [-0.39, 0.29) is 18.4 Å². The van der Waals surface area contributed by atoms with Gasteiger partial charge in [-0.1, -0.05) is 0 Å². The second-order valence-corrected chi connectivity index (χ2v) is 5.35. The first-order valence-corrected chi connectivity index (χ1v) is 7.32. The van der Waals surface area contributed by atoms with Gasteiger partial charge in [-0.15, -0.1) is 0 Å². The Morgan fingerprint density at radius 1 is 1.35 bits per heavy atom. The van der Waals surface area contributed by atoms with Crippen molar-refractivity contribution in [2.24, 2.45) is 0 Å². The summed E-state index contributed by atoms with van der Waals surface area (Å²) in [5.74, 6) is 2.03. The number of likely N-dealkylation sites (tertiary alicyclic amines) is 1. The number of hydrogen-bond acceptors (Lipinski definition) is 7.